The first kappa shape index (κ1) is 18.6. The summed E-state index contributed by atoms with van der Waals surface area (Å²) in [4.78, 5) is 39.4. The van der Waals surface area contributed by atoms with Crippen LogP contribution in [0.3, 0.4) is 0 Å². The average molecular weight is 365 g/mol. The van der Waals surface area contributed by atoms with E-state index in [0.717, 1.165) is 12.1 Å². The highest BCUT2D eigenvalue weighted by Crippen LogP contribution is 2.28. The van der Waals surface area contributed by atoms with E-state index in [4.69, 9.17) is 0 Å². The Morgan fingerprint density at radius 2 is 1.85 bits per heavy atom. The second-order valence-corrected chi connectivity index (χ2v) is 6.58. The van der Waals surface area contributed by atoms with E-state index in [0.29, 0.717) is 17.9 Å². The summed E-state index contributed by atoms with van der Waals surface area (Å²) in [5.41, 5.74) is 3.41. The number of fused-ring (bicyclic) bond motifs is 1. The maximum atomic E-state index is 12.7. The molecular formula is C21H23N3O3. The lowest BCUT2D eigenvalue weighted by atomic mass is 10.2. The van der Waals surface area contributed by atoms with E-state index in [-0.39, 0.29) is 30.7 Å². The molecular weight excluding hydrogens is 342 g/mol. The zero-order valence-electron chi connectivity index (χ0n) is 15.6. The monoisotopic (exact) mass is 365 g/mol. The van der Waals surface area contributed by atoms with E-state index in [9.17, 15) is 14.4 Å². The van der Waals surface area contributed by atoms with Crippen LogP contribution in [-0.2, 0) is 20.8 Å². The summed E-state index contributed by atoms with van der Waals surface area (Å²) < 4.78 is 0. The highest BCUT2D eigenvalue weighted by Gasteiger charge is 2.24. The Kier molecular flexibility index (Phi) is 5.54. The molecule has 0 saturated heterocycles. The summed E-state index contributed by atoms with van der Waals surface area (Å²) in [7, 11) is 0. The summed E-state index contributed by atoms with van der Waals surface area (Å²) in [5.74, 6) is -0.321. The third-order valence-electron chi connectivity index (χ3n) is 4.60. The summed E-state index contributed by atoms with van der Waals surface area (Å²) in [6.45, 7) is 3.87. The van der Waals surface area contributed by atoms with Gasteiger partial charge in [-0.15, -0.1) is 0 Å². The van der Waals surface area contributed by atoms with Gasteiger partial charge in [-0.1, -0.05) is 24.3 Å². The summed E-state index contributed by atoms with van der Waals surface area (Å²) in [6, 6.07) is 15.0. The minimum absolute atomic E-state index is 0.00390. The van der Waals surface area contributed by atoms with Crippen LogP contribution in [0, 0.1) is 0 Å². The molecule has 1 aliphatic heterocycles. The molecule has 140 valence electrons. The maximum Gasteiger partial charge on any atom is 0.228 e. The molecule has 27 heavy (non-hydrogen) atoms. The molecule has 0 fully saturated rings. The molecule has 3 amide bonds. The third-order valence-corrected chi connectivity index (χ3v) is 4.60. The van der Waals surface area contributed by atoms with Gasteiger partial charge >= 0.3 is 0 Å². The molecule has 0 radical (unpaired) electrons. The van der Waals surface area contributed by atoms with Crippen LogP contribution >= 0.6 is 0 Å². The minimum Gasteiger partial charge on any atom is -0.326 e. The van der Waals surface area contributed by atoms with Crippen molar-refractivity contribution in [3.8, 4) is 0 Å². The van der Waals surface area contributed by atoms with Crippen LogP contribution < -0.4 is 15.1 Å². The number of amides is 3. The number of carbonyl (C=O) groups excluding carboxylic acids is 3. The van der Waals surface area contributed by atoms with Gasteiger partial charge in [0.05, 0.1) is 0 Å². The van der Waals surface area contributed by atoms with Crippen LogP contribution in [0.2, 0.25) is 0 Å². The van der Waals surface area contributed by atoms with Gasteiger partial charge in [0.15, 0.2) is 0 Å². The SMILES string of the molecule is CC(=O)Nc1cccc(N(CCC(=O)N2CCc3ccccc32)C(C)=O)c1. The third kappa shape index (κ3) is 4.34. The molecule has 0 unspecified atom stereocenters. The molecule has 1 N–H and O–H groups in total. The average Bonchev–Trinajstić information content (AvgIpc) is 3.05. The van der Waals surface area contributed by atoms with Crippen molar-refractivity contribution in [2.45, 2.75) is 26.7 Å². The van der Waals surface area contributed by atoms with Gasteiger partial charge in [-0.3, -0.25) is 14.4 Å². The Balaban J connectivity index is 1.70. The van der Waals surface area contributed by atoms with E-state index in [1.54, 1.807) is 34.1 Å². The van der Waals surface area contributed by atoms with Gasteiger partial charge < -0.3 is 15.1 Å². The van der Waals surface area contributed by atoms with E-state index in [1.807, 2.05) is 24.3 Å². The zero-order valence-corrected chi connectivity index (χ0v) is 15.6. The number of rotatable bonds is 5. The van der Waals surface area contributed by atoms with E-state index in [2.05, 4.69) is 5.32 Å². The fourth-order valence-electron chi connectivity index (χ4n) is 3.36. The molecule has 6 heteroatoms. The first-order chi connectivity index (χ1) is 13.0. The van der Waals surface area contributed by atoms with Crippen molar-refractivity contribution in [1.29, 1.82) is 0 Å². The molecule has 1 heterocycles. The van der Waals surface area contributed by atoms with Crippen LogP contribution in [0.1, 0.15) is 25.8 Å². The van der Waals surface area contributed by atoms with E-state index >= 15 is 0 Å². The fraction of sp³-hybridized carbons (Fsp3) is 0.286. The molecule has 6 nitrogen and oxygen atoms in total. The molecule has 2 aromatic carbocycles. The smallest absolute Gasteiger partial charge is 0.228 e. The van der Waals surface area contributed by atoms with Gasteiger partial charge in [0.1, 0.15) is 0 Å². The zero-order chi connectivity index (χ0) is 19.4. The molecule has 0 spiro atoms. The van der Waals surface area contributed by atoms with Crippen LogP contribution in [-0.4, -0.2) is 30.8 Å². The molecule has 1 aliphatic rings. The Morgan fingerprint density at radius 1 is 1.07 bits per heavy atom. The predicted molar refractivity (Wildman–Crippen MR) is 106 cm³/mol. The first-order valence-corrected chi connectivity index (χ1v) is 9.00. The fourth-order valence-corrected chi connectivity index (χ4v) is 3.36. The quantitative estimate of drug-likeness (QED) is 0.886. The van der Waals surface area contributed by atoms with Crippen LogP contribution in [0.25, 0.3) is 0 Å². The summed E-state index contributed by atoms with van der Waals surface area (Å²) in [6.07, 6.45) is 1.09. The maximum absolute atomic E-state index is 12.7. The van der Waals surface area contributed by atoms with Gasteiger partial charge in [-0.2, -0.15) is 0 Å². The predicted octanol–water partition coefficient (Wildman–Crippen LogP) is 2.98. The standard InChI is InChI=1S/C21H23N3O3/c1-15(25)22-18-7-5-8-19(14-18)23(16(2)26)13-11-21(27)24-12-10-17-6-3-4-9-20(17)24/h3-9,14H,10-13H2,1-2H3,(H,22,25). The van der Waals surface area contributed by atoms with Gasteiger partial charge in [-0.05, 0) is 36.2 Å². The van der Waals surface area contributed by atoms with Crippen molar-refractivity contribution in [1.82, 2.24) is 0 Å². The largest absolute Gasteiger partial charge is 0.326 e. The lowest BCUT2D eigenvalue weighted by molar-refractivity contribution is -0.118. The number of hydrogen-bond donors (Lipinski definition) is 1. The Labute approximate surface area is 158 Å². The number of hydrogen-bond acceptors (Lipinski definition) is 3. The first-order valence-electron chi connectivity index (χ1n) is 9.00. The molecule has 3 rings (SSSR count). The number of benzene rings is 2. The highest BCUT2D eigenvalue weighted by atomic mass is 16.2. The van der Waals surface area contributed by atoms with E-state index in [1.165, 1.54) is 19.4 Å². The van der Waals surface area contributed by atoms with Crippen molar-refractivity contribution < 1.29 is 14.4 Å². The van der Waals surface area contributed by atoms with Crippen molar-refractivity contribution >= 4 is 34.8 Å². The van der Waals surface area contributed by atoms with Gasteiger partial charge in [-0.25, -0.2) is 0 Å². The van der Waals surface area contributed by atoms with Crippen molar-refractivity contribution in [2.24, 2.45) is 0 Å². The second-order valence-electron chi connectivity index (χ2n) is 6.58. The van der Waals surface area contributed by atoms with Crippen molar-refractivity contribution in [3.63, 3.8) is 0 Å². The molecule has 0 bridgehead atoms. The summed E-state index contributed by atoms with van der Waals surface area (Å²) >= 11 is 0. The number of para-hydroxylation sites is 1. The molecule has 2 aromatic rings. The number of carbonyl (C=O) groups is 3. The lowest BCUT2D eigenvalue weighted by Gasteiger charge is -2.23. The van der Waals surface area contributed by atoms with Gasteiger partial charge in [0.25, 0.3) is 0 Å². The summed E-state index contributed by atoms with van der Waals surface area (Å²) in [5, 5.41) is 2.71. The molecule has 0 aliphatic carbocycles. The van der Waals surface area contributed by atoms with Crippen LogP contribution in [0.15, 0.2) is 48.5 Å². The van der Waals surface area contributed by atoms with E-state index < -0.39 is 0 Å². The Bertz CT molecular complexity index is 878. The van der Waals surface area contributed by atoms with Crippen LogP contribution in [0.4, 0.5) is 17.1 Å². The normalized spacial score (nSPS) is 12.4. The lowest BCUT2D eigenvalue weighted by Crippen LogP contribution is -2.35. The number of nitrogens with zero attached hydrogens (tertiary/aromatic N) is 2. The molecule has 0 aromatic heterocycles. The Hall–Kier alpha value is -3.15. The topological polar surface area (TPSA) is 69.7 Å². The number of anilines is 3. The second kappa shape index (κ2) is 8.03. The number of nitrogens with one attached hydrogen (secondary N) is 1. The van der Waals surface area contributed by atoms with Gasteiger partial charge in [0, 0.05) is 50.4 Å². The molecule has 0 saturated carbocycles. The Morgan fingerprint density at radius 3 is 2.59 bits per heavy atom. The minimum atomic E-state index is -0.176. The molecule has 0 atom stereocenters. The highest BCUT2D eigenvalue weighted by molar-refractivity contribution is 5.98. The van der Waals surface area contributed by atoms with Crippen molar-refractivity contribution in [2.75, 3.05) is 28.2 Å². The van der Waals surface area contributed by atoms with Crippen molar-refractivity contribution in [3.05, 3.63) is 54.1 Å². The van der Waals surface area contributed by atoms with Crippen LogP contribution in [0.5, 0.6) is 0 Å². The van der Waals surface area contributed by atoms with Gasteiger partial charge in [0.2, 0.25) is 17.7 Å².